The molecule has 0 aromatic rings. The molecule has 0 spiro atoms. The first kappa shape index (κ1) is 59.7. The number of ether oxygens (including phenoxy) is 2. The van der Waals surface area contributed by atoms with Gasteiger partial charge in [0, 0.05) is 12.8 Å². The minimum atomic E-state index is -4.73. The van der Waals surface area contributed by atoms with E-state index >= 15 is 0 Å². The Balaban J connectivity index is 4.27. The van der Waals surface area contributed by atoms with Gasteiger partial charge in [0.2, 0.25) is 0 Å². The Morgan fingerprint density at radius 2 is 0.871 bits per heavy atom. The smallest absolute Gasteiger partial charge is 0.472 e. The molecule has 1 unspecified atom stereocenters. The zero-order valence-corrected chi connectivity index (χ0v) is 40.4. The van der Waals surface area contributed by atoms with Gasteiger partial charge in [-0.2, -0.15) is 0 Å². The fourth-order valence-corrected chi connectivity index (χ4v) is 7.70. The summed E-state index contributed by atoms with van der Waals surface area (Å²) < 4.78 is 32.7. The molecule has 3 atom stereocenters. The van der Waals surface area contributed by atoms with E-state index in [4.69, 9.17) is 24.8 Å². The summed E-state index contributed by atoms with van der Waals surface area (Å²) in [5.74, 6) is -2.43. The number of phosphoric ester groups is 1. The molecule has 0 heterocycles. The van der Waals surface area contributed by atoms with Crippen LogP contribution in [0, 0.1) is 0 Å². The zero-order valence-electron chi connectivity index (χ0n) is 39.5. The highest BCUT2D eigenvalue weighted by Crippen LogP contribution is 2.43. The molecule has 4 N–H and O–H groups in total. The van der Waals surface area contributed by atoms with Crippen LogP contribution in [0.5, 0.6) is 0 Å². The number of carbonyl (C=O) groups is 3. The average molecular weight is 898 g/mol. The second-order valence-electron chi connectivity index (χ2n) is 16.9. The molecule has 12 heteroatoms. The van der Waals surface area contributed by atoms with Crippen LogP contribution in [-0.2, 0) is 37.5 Å². The SMILES string of the molecule is CCCCC/C=C/C/C=C/CCCCCCCC(=O)OC[C@@H](COP(=O)(O)OC[C@H](N)C(=O)O)OC(=O)CCC/C=C/CCCCCCCCCCCCCCCCCCCC. The lowest BCUT2D eigenvalue weighted by Crippen LogP contribution is -2.34. The predicted molar refractivity (Wildman–Crippen MR) is 254 cm³/mol. The topological polar surface area (TPSA) is 172 Å². The monoisotopic (exact) mass is 898 g/mol. The molecule has 0 fully saturated rings. The third kappa shape index (κ3) is 44.3. The van der Waals surface area contributed by atoms with Crippen molar-refractivity contribution in [2.45, 2.75) is 244 Å². The first-order valence-corrected chi connectivity index (χ1v) is 26.5. The summed E-state index contributed by atoms with van der Waals surface area (Å²) in [4.78, 5) is 46.1. The van der Waals surface area contributed by atoms with Gasteiger partial charge < -0.3 is 25.2 Å². The molecule has 0 saturated heterocycles. The molecule has 362 valence electrons. The summed E-state index contributed by atoms with van der Waals surface area (Å²) in [6, 6.07) is -1.53. The van der Waals surface area contributed by atoms with E-state index in [-0.39, 0.29) is 19.4 Å². The highest BCUT2D eigenvalue weighted by molar-refractivity contribution is 7.47. The van der Waals surface area contributed by atoms with Crippen molar-refractivity contribution in [3.63, 3.8) is 0 Å². The number of hydrogen-bond donors (Lipinski definition) is 3. The number of aliphatic carboxylic acids is 1. The van der Waals surface area contributed by atoms with Gasteiger partial charge >= 0.3 is 25.7 Å². The van der Waals surface area contributed by atoms with Crippen molar-refractivity contribution in [2.75, 3.05) is 19.8 Å². The Morgan fingerprint density at radius 1 is 0.500 bits per heavy atom. The van der Waals surface area contributed by atoms with Crippen molar-refractivity contribution in [3.05, 3.63) is 36.5 Å². The molecule has 0 rings (SSSR count). The molecule has 0 bridgehead atoms. The lowest BCUT2D eigenvalue weighted by atomic mass is 10.0. The maximum atomic E-state index is 12.7. The van der Waals surface area contributed by atoms with Gasteiger partial charge in [-0.1, -0.05) is 192 Å². The van der Waals surface area contributed by atoms with Crippen molar-refractivity contribution in [1.82, 2.24) is 0 Å². The number of carboxylic acid groups (broad SMARTS) is 1. The molecule has 62 heavy (non-hydrogen) atoms. The number of carbonyl (C=O) groups excluding carboxylic acids is 2. The number of allylic oxidation sites excluding steroid dienone is 6. The van der Waals surface area contributed by atoms with Crippen molar-refractivity contribution in [1.29, 1.82) is 0 Å². The van der Waals surface area contributed by atoms with E-state index in [0.29, 0.717) is 19.3 Å². The zero-order chi connectivity index (χ0) is 45.6. The Morgan fingerprint density at radius 3 is 1.35 bits per heavy atom. The van der Waals surface area contributed by atoms with Crippen LogP contribution < -0.4 is 5.73 Å². The Labute approximate surface area is 378 Å². The maximum absolute atomic E-state index is 12.7. The number of esters is 2. The Kier molecular flexibility index (Phi) is 43.6. The summed E-state index contributed by atoms with van der Waals surface area (Å²) in [5, 5.41) is 8.91. The maximum Gasteiger partial charge on any atom is 0.472 e. The number of carboxylic acids is 1. The van der Waals surface area contributed by atoms with Crippen molar-refractivity contribution in [3.8, 4) is 0 Å². The van der Waals surface area contributed by atoms with Gasteiger partial charge in [0.25, 0.3) is 0 Å². The highest BCUT2D eigenvalue weighted by Gasteiger charge is 2.28. The van der Waals surface area contributed by atoms with Crippen molar-refractivity contribution < 1.29 is 47.5 Å². The molecular weight excluding hydrogens is 806 g/mol. The van der Waals surface area contributed by atoms with Gasteiger partial charge in [-0.25, -0.2) is 4.57 Å². The summed E-state index contributed by atoms with van der Waals surface area (Å²) in [5.41, 5.74) is 5.34. The Hall–Kier alpha value is -2.30. The quantitative estimate of drug-likeness (QED) is 0.0230. The van der Waals surface area contributed by atoms with Gasteiger partial charge in [0.05, 0.1) is 13.2 Å². The first-order valence-electron chi connectivity index (χ1n) is 25.0. The number of phosphoric acid groups is 1. The van der Waals surface area contributed by atoms with Crippen molar-refractivity contribution in [2.24, 2.45) is 5.73 Å². The standard InChI is InChI=1S/C50H92NO10P/c1-3-5-7-9-11-13-15-17-19-20-21-22-23-24-25-26-28-30-32-34-36-38-40-42-49(53)61-46(44-59-62(56,57)60-45-47(51)50(54)55)43-58-48(52)41-39-37-35-33-31-29-27-18-16-14-12-10-8-6-4-2/h12,14,18,27,34,36,46-47H,3-11,13,15-17,19-26,28-33,35,37-45,51H2,1-2H3,(H,54,55)(H,56,57)/b14-12+,27-18+,36-34+/t46-,47-/m0/s1. The van der Waals surface area contributed by atoms with Gasteiger partial charge in [0.1, 0.15) is 12.6 Å². The van der Waals surface area contributed by atoms with Crippen LogP contribution in [0.15, 0.2) is 36.5 Å². The molecule has 0 aliphatic carbocycles. The lowest BCUT2D eigenvalue weighted by molar-refractivity contribution is -0.161. The van der Waals surface area contributed by atoms with Gasteiger partial charge in [-0.3, -0.25) is 23.4 Å². The normalized spacial score (nSPS) is 13.9. The van der Waals surface area contributed by atoms with Crippen molar-refractivity contribution >= 4 is 25.7 Å². The second-order valence-corrected chi connectivity index (χ2v) is 18.4. The van der Waals surface area contributed by atoms with E-state index < -0.39 is 51.1 Å². The van der Waals surface area contributed by atoms with Gasteiger partial charge in [-0.15, -0.1) is 0 Å². The summed E-state index contributed by atoms with van der Waals surface area (Å²) in [7, 11) is -4.73. The average Bonchev–Trinajstić information content (AvgIpc) is 3.25. The molecule has 0 saturated carbocycles. The number of unbranched alkanes of at least 4 members (excludes halogenated alkanes) is 27. The van der Waals surface area contributed by atoms with E-state index in [1.54, 1.807) is 0 Å². The molecule has 11 nitrogen and oxygen atoms in total. The van der Waals surface area contributed by atoms with Crippen LogP contribution in [0.3, 0.4) is 0 Å². The second kappa shape index (κ2) is 45.3. The van der Waals surface area contributed by atoms with Crippen LogP contribution in [0.1, 0.15) is 232 Å². The molecule has 0 aromatic heterocycles. The molecule has 0 aliphatic rings. The fraction of sp³-hybridized carbons (Fsp3) is 0.820. The van der Waals surface area contributed by atoms with Crippen LogP contribution >= 0.6 is 7.82 Å². The number of nitrogens with two attached hydrogens (primary N) is 1. The number of hydrogen-bond acceptors (Lipinski definition) is 9. The molecule has 0 amide bonds. The van der Waals surface area contributed by atoms with E-state index in [2.05, 4.69) is 54.8 Å². The fourth-order valence-electron chi connectivity index (χ4n) is 6.92. The minimum Gasteiger partial charge on any atom is -0.480 e. The third-order valence-corrected chi connectivity index (χ3v) is 11.8. The van der Waals surface area contributed by atoms with Gasteiger partial charge in [-0.05, 0) is 64.2 Å². The predicted octanol–water partition coefficient (Wildman–Crippen LogP) is 14.0. The van der Waals surface area contributed by atoms with E-state index in [1.165, 1.54) is 128 Å². The first-order chi connectivity index (χ1) is 30.1. The lowest BCUT2D eigenvalue weighted by Gasteiger charge is -2.20. The van der Waals surface area contributed by atoms with Crippen LogP contribution in [-0.4, -0.2) is 59.9 Å². The number of rotatable bonds is 47. The van der Waals surface area contributed by atoms with Crippen LogP contribution in [0.25, 0.3) is 0 Å². The molecule has 0 radical (unpaired) electrons. The van der Waals surface area contributed by atoms with Crippen LogP contribution in [0.4, 0.5) is 0 Å². The highest BCUT2D eigenvalue weighted by atomic mass is 31.2. The minimum absolute atomic E-state index is 0.112. The van der Waals surface area contributed by atoms with E-state index in [1.807, 2.05) is 0 Å². The van der Waals surface area contributed by atoms with E-state index in [9.17, 15) is 23.8 Å². The summed E-state index contributed by atoms with van der Waals surface area (Å²) in [6.45, 7) is 2.77. The van der Waals surface area contributed by atoms with E-state index in [0.717, 1.165) is 57.8 Å². The largest absolute Gasteiger partial charge is 0.480 e. The Bertz CT molecular complexity index is 1190. The molecule has 0 aromatic carbocycles. The molecular formula is C50H92NO10P. The third-order valence-electron chi connectivity index (χ3n) is 10.9. The summed E-state index contributed by atoms with van der Waals surface area (Å²) in [6.07, 6.45) is 50.8. The van der Waals surface area contributed by atoms with Gasteiger partial charge in [0.15, 0.2) is 6.10 Å². The molecule has 0 aliphatic heterocycles. The summed E-state index contributed by atoms with van der Waals surface area (Å²) >= 11 is 0. The van der Waals surface area contributed by atoms with Crippen LogP contribution in [0.2, 0.25) is 0 Å².